The number of hydrogen-bond donors (Lipinski definition) is 0. The summed E-state index contributed by atoms with van der Waals surface area (Å²) in [4.78, 5) is 9.22. The summed E-state index contributed by atoms with van der Waals surface area (Å²) in [5.74, 6) is 1.04. The molecule has 1 saturated carbocycles. The highest BCUT2D eigenvalue weighted by molar-refractivity contribution is 7.90. The van der Waals surface area contributed by atoms with Gasteiger partial charge in [-0.3, -0.25) is 4.40 Å². The first-order valence-electron chi connectivity index (χ1n) is 9.62. The van der Waals surface area contributed by atoms with E-state index in [1.54, 1.807) is 36.7 Å². The molecule has 0 bridgehead atoms. The van der Waals surface area contributed by atoms with Crippen LogP contribution in [0, 0.1) is 12.8 Å². The third-order valence-corrected chi connectivity index (χ3v) is 7.66. The van der Waals surface area contributed by atoms with Crippen LogP contribution >= 0.6 is 0 Å². The smallest absolute Gasteiger partial charge is 0.269 e. The van der Waals surface area contributed by atoms with Crippen LogP contribution in [0.15, 0.2) is 53.8 Å². The van der Waals surface area contributed by atoms with Gasteiger partial charge < -0.3 is 0 Å². The number of rotatable bonds is 3. The third-order valence-electron chi connectivity index (χ3n) is 5.98. The Balaban J connectivity index is 1.72. The molecule has 2 atom stereocenters. The van der Waals surface area contributed by atoms with Crippen molar-refractivity contribution < 1.29 is 8.42 Å². The third kappa shape index (κ3) is 2.49. The van der Waals surface area contributed by atoms with Gasteiger partial charge in [-0.2, -0.15) is 0 Å². The fourth-order valence-corrected chi connectivity index (χ4v) is 5.71. The van der Waals surface area contributed by atoms with E-state index in [4.69, 9.17) is 0 Å². The molecule has 0 spiro atoms. The van der Waals surface area contributed by atoms with E-state index in [2.05, 4.69) is 21.3 Å². The Hall–Kier alpha value is -2.67. The van der Waals surface area contributed by atoms with Crippen LogP contribution in [-0.2, 0) is 10.0 Å². The summed E-state index contributed by atoms with van der Waals surface area (Å²) in [6, 6.07) is 8.71. The first-order chi connectivity index (χ1) is 13.5. The summed E-state index contributed by atoms with van der Waals surface area (Å²) >= 11 is 0. The zero-order chi connectivity index (χ0) is 19.5. The van der Waals surface area contributed by atoms with E-state index in [1.807, 2.05) is 19.2 Å². The average molecular weight is 395 g/mol. The maximum atomic E-state index is 13.2. The van der Waals surface area contributed by atoms with Crippen molar-refractivity contribution in [3.05, 3.63) is 60.2 Å². The molecule has 1 aliphatic carbocycles. The lowest BCUT2D eigenvalue weighted by atomic mass is 9.95. The SMILES string of the molecule is Cc1ccc(S(=O)(=O)n2ccc3c2ncc2ncc(C4CCCC4C)n23)cc1. The largest absolute Gasteiger partial charge is 0.292 e. The van der Waals surface area contributed by atoms with Gasteiger partial charge in [-0.25, -0.2) is 22.4 Å². The predicted molar refractivity (Wildman–Crippen MR) is 108 cm³/mol. The van der Waals surface area contributed by atoms with Crippen LogP contribution in [0.2, 0.25) is 0 Å². The van der Waals surface area contributed by atoms with Gasteiger partial charge in [0.25, 0.3) is 10.0 Å². The molecule has 7 heteroatoms. The summed E-state index contributed by atoms with van der Waals surface area (Å²) in [5, 5.41) is 0. The van der Waals surface area contributed by atoms with E-state index in [-0.39, 0.29) is 4.90 Å². The number of aromatic nitrogens is 4. The van der Waals surface area contributed by atoms with Crippen molar-refractivity contribution in [2.24, 2.45) is 5.92 Å². The van der Waals surface area contributed by atoms with Crippen LogP contribution in [-0.4, -0.2) is 26.8 Å². The minimum atomic E-state index is -3.71. The quantitative estimate of drug-likeness (QED) is 0.524. The molecular formula is C21H22N4O2S. The highest BCUT2D eigenvalue weighted by Gasteiger charge is 2.29. The van der Waals surface area contributed by atoms with Crippen LogP contribution in [0.25, 0.3) is 16.8 Å². The number of nitrogens with zero attached hydrogens (tertiary/aromatic N) is 4. The lowest BCUT2D eigenvalue weighted by Gasteiger charge is -2.15. The van der Waals surface area contributed by atoms with Crippen LogP contribution in [0.5, 0.6) is 0 Å². The van der Waals surface area contributed by atoms with E-state index in [1.165, 1.54) is 16.8 Å². The number of benzene rings is 1. The molecule has 1 aromatic carbocycles. The van der Waals surface area contributed by atoms with Crippen LogP contribution in [0.3, 0.4) is 0 Å². The molecule has 0 radical (unpaired) electrons. The molecule has 6 nitrogen and oxygen atoms in total. The van der Waals surface area contributed by atoms with Gasteiger partial charge in [-0.1, -0.05) is 37.5 Å². The molecule has 5 rings (SSSR count). The lowest BCUT2D eigenvalue weighted by molar-refractivity contribution is 0.521. The Kier molecular flexibility index (Phi) is 3.84. The minimum Gasteiger partial charge on any atom is -0.292 e. The highest BCUT2D eigenvalue weighted by atomic mass is 32.2. The maximum absolute atomic E-state index is 13.2. The normalized spacial score (nSPS) is 20.4. The average Bonchev–Trinajstić information content (AvgIpc) is 3.38. The van der Waals surface area contributed by atoms with Gasteiger partial charge in [0, 0.05) is 24.0 Å². The molecule has 4 aromatic rings. The van der Waals surface area contributed by atoms with Crippen LogP contribution < -0.4 is 0 Å². The van der Waals surface area contributed by atoms with Gasteiger partial charge in [-0.15, -0.1) is 0 Å². The molecule has 3 aromatic heterocycles. The van der Waals surface area contributed by atoms with Crippen molar-refractivity contribution in [2.45, 2.75) is 43.9 Å². The maximum Gasteiger partial charge on any atom is 0.269 e. The predicted octanol–water partition coefficient (Wildman–Crippen LogP) is 4.13. The summed E-state index contributed by atoms with van der Waals surface area (Å²) in [5.41, 5.74) is 4.13. The van der Waals surface area contributed by atoms with E-state index in [9.17, 15) is 8.42 Å². The molecule has 0 saturated heterocycles. The fraction of sp³-hybridized carbons (Fsp3) is 0.333. The molecule has 1 aliphatic rings. The number of aryl methyl sites for hydroxylation is 1. The first kappa shape index (κ1) is 17.4. The molecule has 0 N–H and O–H groups in total. The van der Waals surface area contributed by atoms with E-state index in [0.29, 0.717) is 17.5 Å². The van der Waals surface area contributed by atoms with Gasteiger partial charge in [0.05, 0.1) is 16.6 Å². The zero-order valence-corrected chi connectivity index (χ0v) is 16.7. The van der Waals surface area contributed by atoms with Crippen molar-refractivity contribution in [1.82, 2.24) is 18.3 Å². The van der Waals surface area contributed by atoms with E-state index < -0.39 is 10.0 Å². The van der Waals surface area contributed by atoms with Crippen molar-refractivity contribution in [1.29, 1.82) is 0 Å². The van der Waals surface area contributed by atoms with Crippen LogP contribution in [0.1, 0.15) is 43.4 Å². The summed E-state index contributed by atoms with van der Waals surface area (Å²) < 4.78 is 29.7. The zero-order valence-electron chi connectivity index (χ0n) is 15.9. The second-order valence-corrected chi connectivity index (χ2v) is 9.60. The van der Waals surface area contributed by atoms with E-state index in [0.717, 1.165) is 28.8 Å². The van der Waals surface area contributed by atoms with E-state index >= 15 is 0 Å². The molecular weight excluding hydrogens is 372 g/mol. The van der Waals surface area contributed by atoms with Crippen molar-refractivity contribution in [3.63, 3.8) is 0 Å². The molecule has 3 heterocycles. The van der Waals surface area contributed by atoms with Gasteiger partial charge in [0.15, 0.2) is 11.3 Å². The summed E-state index contributed by atoms with van der Waals surface area (Å²) in [6.45, 7) is 4.22. The Labute approximate surface area is 163 Å². The highest BCUT2D eigenvalue weighted by Crippen LogP contribution is 2.40. The fourth-order valence-electron chi connectivity index (χ4n) is 4.41. The van der Waals surface area contributed by atoms with Gasteiger partial charge in [0.2, 0.25) is 0 Å². The van der Waals surface area contributed by atoms with Gasteiger partial charge in [-0.05, 0) is 37.5 Å². The summed E-state index contributed by atoms with van der Waals surface area (Å²) in [7, 11) is -3.71. The monoisotopic (exact) mass is 394 g/mol. The minimum absolute atomic E-state index is 0.257. The standard InChI is InChI=1S/C21H22N4O2S/c1-14-6-8-16(9-7-14)28(26,27)24-11-10-18-21(24)23-13-20-22-12-19(25(18)20)17-5-3-4-15(17)2/h6-13,15,17H,3-5H2,1-2H3. The van der Waals surface area contributed by atoms with Crippen molar-refractivity contribution in [2.75, 3.05) is 0 Å². The molecule has 2 unspecified atom stereocenters. The van der Waals surface area contributed by atoms with Gasteiger partial charge >= 0.3 is 0 Å². The number of imidazole rings is 1. The molecule has 0 amide bonds. The number of fused-ring (bicyclic) bond motifs is 3. The second kappa shape index (κ2) is 6.17. The van der Waals surface area contributed by atoms with Crippen LogP contribution in [0.4, 0.5) is 0 Å². The number of hydrogen-bond acceptors (Lipinski definition) is 4. The first-order valence-corrected chi connectivity index (χ1v) is 11.1. The van der Waals surface area contributed by atoms with Crippen molar-refractivity contribution in [3.8, 4) is 0 Å². The Morgan fingerprint density at radius 2 is 1.82 bits per heavy atom. The summed E-state index contributed by atoms with van der Waals surface area (Å²) in [6.07, 6.45) is 8.75. The topological polar surface area (TPSA) is 69.3 Å². The molecule has 144 valence electrons. The second-order valence-electron chi connectivity index (χ2n) is 7.79. The molecule has 0 aliphatic heterocycles. The molecule has 1 fully saturated rings. The Morgan fingerprint density at radius 3 is 2.54 bits per heavy atom. The molecule has 28 heavy (non-hydrogen) atoms. The van der Waals surface area contributed by atoms with Gasteiger partial charge in [0.1, 0.15) is 0 Å². The Morgan fingerprint density at radius 1 is 1.04 bits per heavy atom. The lowest BCUT2D eigenvalue weighted by Crippen LogP contribution is -2.13. The van der Waals surface area contributed by atoms with Crippen molar-refractivity contribution >= 4 is 26.8 Å². The Bertz CT molecular complexity index is 1290.